The summed E-state index contributed by atoms with van der Waals surface area (Å²) in [5.41, 5.74) is 0. The topological polar surface area (TPSA) is 81.3 Å². The van der Waals surface area contributed by atoms with Gasteiger partial charge in [0.25, 0.3) is 0 Å². The van der Waals surface area contributed by atoms with Crippen molar-refractivity contribution in [1.82, 2.24) is 34.1 Å². The maximum Gasteiger partial charge on any atom is 0.224 e. The summed E-state index contributed by atoms with van der Waals surface area (Å²) in [5, 5.41) is 8.92. The molecule has 2 aromatic heterocycles. The largest absolute Gasteiger partial charge is 0.379 e. The first-order chi connectivity index (χ1) is 13.7. The number of amides is 1. The number of nitrogens with zero attached hydrogens (tertiary/aromatic N) is 7. The van der Waals surface area contributed by atoms with Gasteiger partial charge in [-0.3, -0.25) is 9.69 Å². The van der Waals surface area contributed by atoms with Crippen molar-refractivity contribution in [2.45, 2.75) is 38.3 Å². The summed E-state index contributed by atoms with van der Waals surface area (Å²) in [6, 6.07) is 0. The van der Waals surface area contributed by atoms with Crippen LogP contribution in [0.4, 0.5) is 0 Å². The molecule has 2 fully saturated rings. The summed E-state index contributed by atoms with van der Waals surface area (Å²) in [6.07, 6.45) is 7.80. The molecule has 0 aliphatic carbocycles. The normalized spacial score (nSPS) is 19.2. The first-order valence-corrected chi connectivity index (χ1v) is 10.1. The van der Waals surface area contributed by atoms with Gasteiger partial charge < -0.3 is 18.8 Å². The number of ether oxygens (including phenoxy) is 1. The monoisotopic (exact) mass is 387 g/mol. The van der Waals surface area contributed by atoms with Gasteiger partial charge >= 0.3 is 0 Å². The smallest absolute Gasteiger partial charge is 0.224 e. The van der Waals surface area contributed by atoms with Gasteiger partial charge in [-0.1, -0.05) is 0 Å². The number of aryl methyl sites for hydroxylation is 1. The van der Waals surface area contributed by atoms with E-state index in [2.05, 4.69) is 31.7 Å². The Kier molecular flexibility index (Phi) is 6.01. The number of hydrogen-bond donors (Lipinski definition) is 0. The summed E-state index contributed by atoms with van der Waals surface area (Å²) in [5.74, 6) is 2.65. The lowest BCUT2D eigenvalue weighted by atomic mass is 9.95. The molecule has 0 aromatic carbocycles. The SMILES string of the molecule is Cn1c(CN2CCOCC2)nnc1C1CCN(C(=O)CCn2ccnc2)CC1. The number of morpholine rings is 1. The summed E-state index contributed by atoms with van der Waals surface area (Å²) >= 11 is 0. The van der Waals surface area contributed by atoms with E-state index in [4.69, 9.17) is 4.74 Å². The number of carbonyl (C=O) groups excluding carboxylic acids is 1. The number of hydrogen-bond acceptors (Lipinski definition) is 6. The molecule has 2 aliphatic rings. The first kappa shape index (κ1) is 19.1. The van der Waals surface area contributed by atoms with E-state index in [0.717, 1.165) is 70.4 Å². The zero-order chi connectivity index (χ0) is 19.3. The lowest BCUT2D eigenvalue weighted by Gasteiger charge is -2.31. The molecule has 1 amide bonds. The van der Waals surface area contributed by atoms with Crippen molar-refractivity contribution in [3.05, 3.63) is 30.4 Å². The van der Waals surface area contributed by atoms with E-state index in [1.165, 1.54) is 0 Å². The van der Waals surface area contributed by atoms with Crippen LogP contribution in [0.15, 0.2) is 18.7 Å². The predicted molar refractivity (Wildman–Crippen MR) is 102 cm³/mol. The summed E-state index contributed by atoms with van der Waals surface area (Å²) < 4.78 is 9.51. The molecular formula is C19H29N7O2. The molecule has 0 spiro atoms. The second kappa shape index (κ2) is 8.83. The predicted octanol–water partition coefficient (Wildman–Crippen LogP) is 0.640. The molecule has 4 heterocycles. The minimum Gasteiger partial charge on any atom is -0.379 e. The summed E-state index contributed by atoms with van der Waals surface area (Å²) in [4.78, 5) is 20.8. The summed E-state index contributed by atoms with van der Waals surface area (Å²) in [7, 11) is 2.06. The molecule has 0 bridgehead atoms. The fourth-order valence-electron chi connectivity index (χ4n) is 4.02. The molecular weight excluding hydrogens is 358 g/mol. The third-order valence-corrected chi connectivity index (χ3v) is 5.82. The van der Waals surface area contributed by atoms with E-state index in [-0.39, 0.29) is 5.91 Å². The molecule has 4 rings (SSSR count). The molecule has 0 unspecified atom stereocenters. The van der Waals surface area contributed by atoms with E-state index in [9.17, 15) is 4.79 Å². The number of imidazole rings is 1. The Balaban J connectivity index is 1.28. The van der Waals surface area contributed by atoms with Crippen molar-refractivity contribution in [1.29, 1.82) is 0 Å². The Morgan fingerprint density at radius 2 is 1.96 bits per heavy atom. The van der Waals surface area contributed by atoms with Gasteiger partial charge in [-0.25, -0.2) is 4.98 Å². The number of piperidine rings is 1. The van der Waals surface area contributed by atoms with Gasteiger partial charge in [0.2, 0.25) is 5.91 Å². The van der Waals surface area contributed by atoms with Crippen molar-refractivity contribution < 1.29 is 9.53 Å². The highest BCUT2D eigenvalue weighted by Crippen LogP contribution is 2.27. The van der Waals surface area contributed by atoms with Crippen LogP contribution in [-0.2, 0) is 29.7 Å². The van der Waals surface area contributed by atoms with Gasteiger partial charge in [0.1, 0.15) is 11.6 Å². The lowest BCUT2D eigenvalue weighted by Crippen LogP contribution is -2.38. The number of carbonyl (C=O) groups is 1. The van der Waals surface area contributed by atoms with Crippen LogP contribution in [0, 0.1) is 0 Å². The Morgan fingerprint density at radius 3 is 2.68 bits per heavy atom. The van der Waals surface area contributed by atoms with E-state index < -0.39 is 0 Å². The molecule has 9 heteroatoms. The zero-order valence-electron chi connectivity index (χ0n) is 16.5. The van der Waals surface area contributed by atoms with Crippen LogP contribution in [0.1, 0.15) is 36.8 Å². The van der Waals surface area contributed by atoms with Crippen molar-refractivity contribution in [2.75, 3.05) is 39.4 Å². The molecule has 0 saturated carbocycles. The van der Waals surface area contributed by atoms with Crippen molar-refractivity contribution in [3.8, 4) is 0 Å². The molecule has 0 N–H and O–H groups in total. The fraction of sp³-hybridized carbons (Fsp3) is 0.684. The van der Waals surface area contributed by atoms with Crippen molar-refractivity contribution in [2.24, 2.45) is 7.05 Å². The van der Waals surface area contributed by atoms with E-state index in [1.807, 2.05) is 15.7 Å². The van der Waals surface area contributed by atoms with E-state index >= 15 is 0 Å². The van der Waals surface area contributed by atoms with Gasteiger partial charge in [0.05, 0.1) is 26.1 Å². The van der Waals surface area contributed by atoms with Crippen molar-refractivity contribution in [3.63, 3.8) is 0 Å². The Hall–Kier alpha value is -2.26. The van der Waals surface area contributed by atoms with Gasteiger partial charge in [-0.2, -0.15) is 0 Å². The Morgan fingerprint density at radius 1 is 1.18 bits per heavy atom. The highest BCUT2D eigenvalue weighted by Gasteiger charge is 2.27. The Bertz CT molecular complexity index is 759. The van der Waals surface area contributed by atoms with E-state index in [0.29, 0.717) is 18.9 Å². The van der Waals surface area contributed by atoms with Crippen LogP contribution in [-0.4, -0.2) is 79.4 Å². The second-order valence-corrected chi connectivity index (χ2v) is 7.63. The summed E-state index contributed by atoms with van der Waals surface area (Å²) in [6.45, 7) is 6.56. The van der Waals surface area contributed by atoms with Crippen LogP contribution in [0.5, 0.6) is 0 Å². The van der Waals surface area contributed by atoms with Crippen LogP contribution < -0.4 is 0 Å². The molecule has 9 nitrogen and oxygen atoms in total. The maximum absolute atomic E-state index is 12.5. The second-order valence-electron chi connectivity index (χ2n) is 7.63. The maximum atomic E-state index is 12.5. The minimum atomic E-state index is 0.220. The average molecular weight is 387 g/mol. The molecule has 2 aliphatic heterocycles. The van der Waals surface area contributed by atoms with Crippen LogP contribution in [0.3, 0.4) is 0 Å². The standard InChI is InChI=1S/C19H29N7O2/c1-23-17(14-24-10-12-28-13-11-24)21-22-19(23)16-2-7-26(8-3-16)18(27)4-6-25-9-5-20-15-25/h5,9,15-16H,2-4,6-8,10-14H2,1H3. The highest BCUT2D eigenvalue weighted by atomic mass is 16.5. The van der Waals surface area contributed by atoms with Crippen LogP contribution >= 0.6 is 0 Å². The number of aromatic nitrogens is 5. The van der Waals surface area contributed by atoms with Gasteiger partial charge in [0, 0.05) is 64.5 Å². The molecule has 28 heavy (non-hydrogen) atoms. The van der Waals surface area contributed by atoms with Gasteiger partial charge in [0.15, 0.2) is 0 Å². The van der Waals surface area contributed by atoms with Gasteiger partial charge in [-0.15, -0.1) is 10.2 Å². The fourth-order valence-corrected chi connectivity index (χ4v) is 4.02. The lowest BCUT2D eigenvalue weighted by molar-refractivity contribution is -0.132. The number of likely N-dealkylation sites (tertiary alicyclic amines) is 1. The zero-order valence-corrected chi connectivity index (χ0v) is 16.5. The highest BCUT2D eigenvalue weighted by molar-refractivity contribution is 5.76. The third-order valence-electron chi connectivity index (χ3n) is 5.82. The number of rotatable bonds is 6. The van der Waals surface area contributed by atoms with Crippen LogP contribution in [0.2, 0.25) is 0 Å². The Labute approximate surface area is 165 Å². The first-order valence-electron chi connectivity index (χ1n) is 10.1. The third kappa shape index (κ3) is 4.41. The quantitative estimate of drug-likeness (QED) is 0.724. The van der Waals surface area contributed by atoms with Crippen molar-refractivity contribution >= 4 is 5.91 Å². The minimum absolute atomic E-state index is 0.220. The molecule has 2 saturated heterocycles. The molecule has 152 valence electrons. The van der Waals surface area contributed by atoms with Gasteiger partial charge in [-0.05, 0) is 12.8 Å². The van der Waals surface area contributed by atoms with Crippen LogP contribution in [0.25, 0.3) is 0 Å². The molecule has 0 radical (unpaired) electrons. The van der Waals surface area contributed by atoms with E-state index in [1.54, 1.807) is 12.5 Å². The average Bonchev–Trinajstić information content (AvgIpc) is 3.38. The molecule has 0 atom stereocenters. The molecule has 2 aromatic rings.